The van der Waals surface area contributed by atoms with Crippen molar-refractivity contribution in [2.24, 2.45) is 5.92 Å². The number of aliphatic hydroxyl groups excluding tert-OH is 1. The molecule has 110 valence electrons. The van der Waals surface area contributed by atoms with Crippen LogP contribution in [0, 0.1) is 5.92 Å². The van der Waals surface area contributed by atoms with Crippen molar-refractivity contribution in [1.82, 2.24) is 0 Å². The minimum atomic E-state index is -0.798. The van der Waals surface area contributed by atoms with Crippen LogP contribution in [-0.4, -0.2) is 24.8 Å². The number of ketones is 1. The molecule has 1 saturated carbocycles. The summed E-state index contributed by atoms with van der Waals surface area (Å²) in [5, 5.41) is 10.6. The van der Waals surface area contributed by atoms with Crippen LogP contribution >= 0.6 is 0 Å². The van der Waals surface area contributed by atoms with E-state index in [9.17, 15) is 9.90 Å². The van der Waals surface area contributed by atoms with Gasteiger partial charge in [0.05, 0.1) is 6.10 Å². The molecule has 1 aliphatic rings. The van der Waals surface area contributed by atoms with Crippen molar-refractivity contribution in [1.29, 1.82) is 0 Å². The first-order valence-corrected chi connectivity index (χ1v) is 7.15. The number of hydrogen-bond donors (Lipinski definition) is 1. The van der Waals surface area contributed by atoms with E-state index in [1.807, 2.05) is 18.2 Å². The monoisotopic (exact) mass is 278 g/mol. The zero-order chi connectivity index (χ0) is 14.4. The van der Waals surface area contributed by atoms with Gasteiger partial charge in [0.1, 0.15) is 11.5 Å². The van der Waals surface area contributed by atoms with E-state index >= 15 is 0 Å². The highest BCUT2D eigenvalue weighted by Gasteiger charge is 2.30. The van der Waals surface area contributed by atoms with E-state index in [-0.39, 0.29) is 18.5 Å². The van der Waals surface area contributed by atoms with Gasteiger partial charge in [-0.3, -0.25) is 4.79 Å². The number of carbonyl (C=O) groups is 1. The van der Waals surface area contributed by atoms with Gasteiger partial charge in [0, 0.05) is 25.0 Å². The zero-order valence-electron chi connectivity index (χ0n) is 11.9. The molecule has 1 fully saturated rings. The molecule has 0 aliphatic heterocycles. The maximum atomic E-state index is 12.1. The Kier molecular flexibility index (Phi) is 5.56. The van der Waals surface area contributed by atoms with Crippen molar-refractivity contribution >= 4 is 5.78 Å². The summed E-state index contributed by atoms with van der Waals surface area (Å²) in [6, 6.07) is 7.29. The average molecular weight is 278 g/mol. The Hall–Kier alpha value is -1.39. The molecular weight excluding hydrogens is 256 g/mol. The molecule has 0 bridgehead atoms. The van der Waals surface area contributed by atoms with Gasteiger partial charge < -0.3 is 14.6 Å². The Morgan fingerprint density at radius 3 is 2.90 bits per heavy atom. The summed E-state index contributed by atoms with van der Waals surface area (Å²) in [7, 11) is 1.55. The van der Waals surface area contributed by atoms with Gasteiger partial charge in [-0.15, -0.1) is 0 Å². The van der Waals surface area contributed by atoms with E-state index < -0.39 is 6.10 Å². The van der Waals surface area contributed by atoms with Crippen molar-refractivity contribution in [3.8, 4) is 5.75 Å². The van der Waals surface area contributed by atoms with Gasteiger partial charge in [0.2, 0.25) is 0 Å². The molecule has 0 radical (unpaired) electrons. The Labute approximate surface area is 119 Å². The van der Waals surface area contributed by atoms with Crippen LogP contribution in [0.1, 0.15) is 43.8 Å². The van der Waals surface area contributed by atoms with Crippen LogP contribution in [0.4, 0.5) is 0 Å². The first-order chi connectivity index (χ1) is 9.74. The molecule has 0 spiro atoms. The number of carbonyl (C=O) groups excluding carboxylic acids is 1. The first-order valence-electron chi connectivity index (χ1n) is 7.15. The SMILES string of the molecule is COCOc1ccccc1C(O)C1CCCCCC1=O. The summed E-state index contributed by atoms with van der Waals surface area (Å²) >= 11 is 0. The largest absolute Gasteiger partial charge is 0.467 e. The second-order valence-corrected chi connectivity index (χ2v) is 5.21. The molecule has 0 aromatic heterocycles. The number of benzene rings is 1. The van der Waals surface area contributed by atoms with Crippen LogP contribution in [0.3, 0.4) is 0 Å². The lowest BCUT2D eigenvalue weighted by Crippen LogP contribution is -2.21. The first kappa shape index (κ1) is 15.0. The fourth-order valence-corrected chi connectivity index (χ4v) is 2.72. The van der Waals surface area contributed by atoms with Crippen LogP contribution in [0.2, 0.25) is 0 Å². The molecule has 1 aromatic carbocycles. The molecule has 1 aliphatic carbocycles. The second kappa shape index (κ2) is 7.41. The van der Waals surface area contributed by atoms with Crippen molar-refractivity contribution in [3.05, 3.63) is 29.8 Å². The van der Waals surface area contributed by atoms with Crippen LogP contribution in [0.5, 0.6) is 5.75 Å². The highest BCUT2D eigenvalue weighted by molar-refractivity contribution is 5.82. The van der Waals surface area contributed by atoms with Crippen molar-refractivity contribution in [2.45, 2.75) is 38.2 Å². The van der Waals surface area contributed by atoms with E-state index in [4.69, 9.17) is 9.47 Å². The lowest BCUT2D eigenvalue weighted by Gasteiger charge is -2.22. The third-order valence-corrected chi connectivity index (χ3v) is 3.80. The number of Topliss-reactive ketones (excluding diaryl/α,β-unsaturated/α-hetero) is 1. The molecule has 2 atom stereocenters. The number of methoxy groups -OCH3 is 1. The van der Waals surface area contributed by atoms with Gasteiger partial charge in [0.15, 0.2) is 6.79 Å². The summed E-state index contributed by atoms with van der Waals surface area (Å²) in [6.45, 7) is 0.127. The molecule has 0 heterocycles. The average Bonchev–Trinajstić information content (AvgIpc) is 2.69. The third kappa shape index (κ3) is 3.58. The van der Waals surface area contributed by atoms with Gasteiger partial charge in [-0.2, -0.15) is 0 Å². The molecule has 0 amide bonds. The van der Waals surface area contributed by atoms with Crippen molar-refractivity contribution in [2.75, 3.05) is 13.9 Å². The highest BCUT2D eigenvalue weighted by atomic mass is 16.7. The topological polar surface area (TPSA) is 55.8 Å². The lowest BCUT2D eigenvalue weighted by atomic mass is 9.88. The second-order valence-electron chi connectivity index (χ2n) is 5.21. The van der Waals surface area contributed by atoms with Gasteiger partial charge in [-0.05, 0) is 18.9 Å². The molecule has 20 heavy (non-hydrogen) atoms. The number of ether oxygens (including phenoxy) is 2. The van der Waals surface area contributed by atoms with Crippen LogP contribution < -0.4 is 4.74 Å². The predicted octanol–water partition coefficient (Wildman–Crippen LogP) is 2.85. The minimum Gasteiger partial charge on any atom is -0.467 e. The van der Waals surface area contributed by atoms with Crippen LogP contribution in [-0.2, 0) is 9.53 Å². The van der Waals surface area contributed by atoms with Gasteiger partial charge in [0.25, 0.3) is 0 Å². The van der Waals surface area contributed by atoms with E-state index in [1.165, 1.54) is 0 Å². The summed E-state index contributed by atoms with van der Waals surface area (Å²) in [5.41, 5.74) is 0.671. The van der Waals surface area contributed by atoms with Crippen LogP contribution in [0.15, 0.2) is 24.3 Å². The number of rotatable bonds is 5. The number of hydrogen-bond acceptors (Lipinski definition) is 4. The molecule has 1 aromatic rings. The zero-order valence-corrected chi connectivity index (χ0v) is 11.9. The van der Waals surface area contributed by atoms with Gasteiger partial charge in [-0.25, -0.2) is 0 Å². The summed E-state index contributed by atoms with van der Waals surface area (Å²) < 4.78 is 10.4. The summed E-state index contributed by atoms with van der Waals surface area (Å²) in [4.78, 5) is 12.1. The van der Waals surface area contributed by atoms with E-state index in [0.717, 1.165) is 25.7 Å². The molecule has 2 rings (SSSR count). The maximum absolute atomic E-state index is 12.1. The number of aliphatic hydroxyl groups is 1. The lowest BCUT2D eigenvalue weighted by molar-refractivity contribution is -0.126. The predicted molar refractivity (Wildman–Crippen MR) is 75.5 cm³/mol. The minimum absolute atomic E-state index is 0.127. The quantitative estimate of drug-likeness (QED) is 0.664. The molecular formula is C16H22O4. The van der Waals surface area contributed by atoms with Gasteiger partial charge >= 0.3 is 0 Å². The third-order valence-electron chi connectivity index (χ3n) is 3.80. The summed E-state index contributed by atoms with van der Waals surface area (Å²) in [5.74, 6) is 0.431. The molecule has 4 nitrogen and oxygen atoms in total. The molecule has 0 saturated heterocycles. The smallest absolute Gasteiger partial charge is 0.188 e. The molecule has 4 heteroatoms. The van der Waals surface area contributed by atoms with E-state index in [1.54, 1.807) is 13.2 Å². The Balaban J connectivity index is 2.18. The molecule has 1 N–H and O–H groups in total. The van der Waals surface area contributed by atoms with Gasteiger partial charge in [-0.1, -0.05) is 31.0 Å². The van der Waals surface area contributed by atoms with Crippen molar-refractivity contribution < 1.29 is 19.4 Å². The van der Waals surface area contributed by atoms with Crippen molar-refractivity contribution in [3.63, 3.8) is 0 Å². The highest BCUT2D eigenvalue weighted by Crippen LogP contribution is 2.35. The number of para-hydroxylation sites is 1. The van der Waals surface area contributed by atoms with Crippen LogP contribution in [0.25, 0.3) is 0 Å². The molecule has 2 unspecified atom stereocenters. The maximum Gasteiger partial charge on any atom is 0.188 e. The fraction of sp³-hybridized carbons (Fsp3) is 0.562. The van der Waals surface area contributed by atoms with E-state index in [2.05, 4.69) is 0 Å². The standard InChI is InChI=1S/C16H22O4/c1-19-11-20-15-10-6-5-8-13(15)16(18)12-7-3-2-4-9-14(12)17/h5-6,8,10,12,16,18H,2-4,7,9,11H2,1H3. The Bertz CT molecular complexity index is 444. The normalized spacial score (nSPS) is 21.3. The Morgan fingerprint density at radius 2 is 2.10 bits per heavy atom. The summed E-state index contributed by atoms with van der Waals surface area (Å²) in [6.07, 6.45) is 3.52. The fourth-order valence-electron chi connectivity index (χ4n) is 2.72. The van der Waals surface area contributed by atoms with E-state index in [0.29, 0.717) is 17.7 Å². The Morgan fingerprint density at radius 1 is 1.30 bits per heavy atom.